The summed E-state index contributed by atoms with van der Waals surface area (Å²) >= 11 is 0. The summed E-state index contributed by atoms with van der Waals surface area (Å²) in [6, 6.07) is 7.65. The van der Waals surface area contributed by atoms with Crippen molar-refractivity contribution in [3.8, 4) is 0 Å². The molecule has 21 heavy (non-hydrogen) atoms. The summed E-state index contributed by atoms with van der Waals surface area (Å²) < 4.78 is 5.12. The molecule has 0 aliphatic carbocycles. The van der Waals surface area contributed by atoms with Gasteiger partial charge < -0.3 is 15.0 Å². The molecule has 1 amide bonds. The summed E-state index contributed by atoms with van der Waals surface area (Å²) in [5.41, 5.74) is 1.64. The Labute approximate surface area is 127 Å². The number of hydrogen-bond acceptors (Lipinski definition) is 3. The van der Waals surface area contributed by atoms with E-state index in [9.17, 15) is 4.79 Å². The molecule has 1 aliphatic rings. The summed E-state index contributed by atoms with van der Waals surface area (Å²) in [5.74, 6) is 0.0143. The number of benzene rings is 1. The Balaban J connectivity index is 1.99. The van der Waals surface area contributed by atoms with Gasteiger partial charge in [0.05, 0.1) is 6.61 Å². The van der Waals surface area contributed by atoms with E-state index >= 15 is 0 Å². The third-order valence-electron chi connectivity index (χ3n) is 4.32. The van der Waals surface area contributed by atoms with Gasteiger partial charge in [0, 0.05) is 31.3 Å². The number of carbonyl (C=O) groups is 1. The fourth-order valence-corrected chi connectivity index (χ4v) is 2.80. The predicted octanol–water partition coefficient (Wildman–Crippen LogP) is 2.44. The first kappa shape index (κ1) is 16.0. The van der Waals surface area contributed by atoms with Crippen LogP contribution in [-0.4, -0.2) is 43.1 Å². The smallest absolute Gasteiger partial charge is 0.251 e. The summed E-state index contributed by atoms with van der Waals surface area (Å²) in [7, 11) is 1.66. The van der Waals surface area contributed by atoms with Gasteiger partial charge in [-0.15, -0.1) is 0 Å². The lowest BCUT2D eigenvalue weighted by Crippen LogP contribution is -2.53. The quantitative estimate of drug-likeness (QED) is 0.905. The minimum Gasteiger partial charge on any atom is -0.380 e. The lowest BCUT2D eigenvalue weighted by atomic mass is 9.89. The first-order valence-corrected chi connectivity index (χ1v) is 7.69. The van der Waals surface area contributed by atoms with E-state index in [0.717, 1.165) is 38.0 Å². The number of amides is 1. The van der Waals surface area contributed by atoms with Gasteiger partial charge in [-0.3, -0.25) is 4.79 Å². The van der Waals surface area contributed by atoms with Crippen LogP contribution >= 0.6 is 0 Å². The summed E-state index contributed by atoms with van der Waals surface area (Å²) in [6.07, 6.45) is 2.01. The highest BCUT2D eigenvalue weighted by Gasteiger charge is 2.31. The Morgan fingerprint density at radius 1 is 1.38 bits per heavy atom. The molecule has 1 heterocycles. The average molecular weight is 290 g/mol. The first-order chi connectivity index (χ1) is 10.1. The van der Waals surface area contributed by atoms with Crippen LogP contribution in [0.5, 0.6) is 0 Å². The van der Waals surface area contributed by atoms with Crippen molar-refractivity contribution >= 4 is 5.91 Å². The van der Waals surface area contributed by atoms with Crippen molar-refractivity contribution in [2.45, 2.75) is 38.8 Å². The van der Waals surface area contributed by atoms with Crippen LogP contribution in [0.15, 0.2) is 24.3 Å². The van der Waals surface area contributed by atoms with E-state index in [0.29, 0.717) is 12.2 Å². The standard InChI is InChI=1S/C17H26N2O2/c1-4-19-10-8-17(2,9-11-19)18-16(20)15-7-5-6-14(12-15)13-21-3/h5-7,12H,4,8-11,13H2,1-3H3,(H,18,20). The maximum atomic E-state index is 12.5. The molecule has 1 N–H and O–H groups in total. The molecule has 0 saturated carbocycles. The first-order valence-electron chi connectivity index (χ1n) is 7.69. The van der Waals surface area contributed by atoms with Gasteiger partial charge in [-0.2, -0.15) is 0 Å². The second-order valence-electron chi connectivity index (χ2n) is 6.08. The van der Waals surface area contributed by atoms with Gasteiger partial charge in [-0.05, 0) is 44.0 Å². The summed E-state index contributed by atoms with van der Waals surface area (Å²) in [6.45, 7) is 8.06. The molecule has 0 atom stereocenters. The lowest BCUT2D eigenvalue weighted by molar-refractivity contribution is 0.0839. The number of nitrogens with zero attached hydrogens (tertiary/aromatic N) is 1. The van der Waals surface area contributed by atoms with Crippen LogP contribution in [0.3, 0.4) is 0 Å². The van der Waals surface area contributed by atoms with Crippen molar-refractivity contribution in [3.63, 3.8) is 0 Å². The number of hydrogen-bond donors (Lipinski definition) is 1. The number of methoxy groups -OCH3 is 1. The minimum absolute atomic E-state index is 0.0143. The topological polar surface area (TPSA) is 41.6 Å². The fourth-order valence-electron chi connectivity index (χ4n) is 2.80. The molecular formula is C17H26N2O2. The summed E-state index contributed by atoms with van der Waals surface area (Å²) in [5, 5.41) is 3.22. The van der Waals surface area contributed by atoms with E-state index in [1.54, 1.807) is 7.11 Å². The normalized spacial score (nSPS) is 18.4. The third-order valence-corrected chi connectivity index (χ3v) is 4.32. The van der Waals surface area contributed by atoms with Gasteiger partial charge in [0.1, 0.15) is 0 Å². The molecule has 1 saturated heterocycles. The van der Waals surface area contributed by atoms with E-state index in [1.807, 2.05) is 24.3 Å². The Hall–Kier alpha value is -1.39. The van der Waals surface area contributed by atoms with Crippen LogP contribution < -0.4 is 5.32 Å². The van der Waals surface area contributed by atoms with Gasteiger partial charge in [0.25, 0.3) is 5.91 Å². The molecule has 1 fully saturated rings. The highest BCUT2D eigenvalue weighted by Crippen LogP contribution is 2.22. The van der Waals surface area contributed by atoms with Crippen molar-refractivity contribution in [2.24, 2.45) is 0 Å². The third kappa shape index (κ3) is 4.29. The maximum Gasteiger partial charge on any atom is 0.251 e. The van der Waals surface area contributed by atoms with E-state index in [4.69, 9.17) is 4.74 Å². The minimum atomic E-state index is -0.0972. The molecule has 0 spiro atoms. The van der Waals surface area contributed by atoms with Crippen molar-refractivity contribution in [1.82, 2.24) is 10.2 Å². The van der Waals surface area contributed by atoms with E-state index in [-0.39, 0.29) is 11.4 Å². The number of piperidine rings is 1. The van der Waals surface area contributed by atoms with Crippen LogP contribution in [0.1, 0.15) is 42.6 Å². The zero-order valence-corrected chi connectivity index (χ0v) is 13.3. The molecule has 1 aromatic carbocycles. The average Bonchev–Trinajstić information content (AvgIpc) is 2.48. The fraction of sp³-hybridized carbons (Fsp3) is 0.588. The van der Waals surface area contributed by atoms with Crippen molar-refractivity contribution < 1.29 is 9.53 Å². The Bertz CT molecular complexity index is 479. The van der Waals surface area contributed by atoms with Gasteiger partial charge in [-0.25, -0.2) is 0 Å². The molecule has 4 heteroatoms. The molecule has 1 aromatic rings. The van der Waals surface area contributed by atoms with E-state index < -0.39 is 0 Å². The highest BCUT2D eigenvalue weighted by atomic mass is 16.5. The van der Waals surface area contributed by atoms with Gasteiger partial charge in [0.15, 0.2) is 0 Å². The second-order valence-corrected chi connectivity index (χ2v) is 6.08. The molecule has 0 bridgehead atoms. The van der Waals surface area contributed by atoms with Crippen molar-refractivity contribution in [1.29, 1.82) is 0 Å². The Morgan fingerprint density at radius 2 is 2.10 bits per heavy atom. The van der Waals surface area contributed by atoms with E-state index in [1.165, 1.54) is 0 Å². The van der Waals surface area contributed by atoms with Crippen molar-refractivity contribution in [2.75, 3.05) is 26.7 Å². The number of carbonyl (C=O) groups excluding carboxylic acids is 1. The summed E-state index contributed by atoms with van der Waals surface area (Å²) in [4.78, 5) is 14.9. The zero-order valence-electron chi connectivity index (χ0n) is 13.3. The van der Waals surface area contributed by atoms with Crippen LogP contribution in [0.2, 0.25) is 0 Å². The Morgan fingerprint density at radius 3 is 2.71 bits per heavy atom. The molecular weight excluding hydrogens is 264 g/mol. The molecule has 1 aliphatic heterocycles. The monoisotopic (exact) mass is 290 g/mol. The zero-order chi connectivity index (χ0) is 15.3. The van der Waals surface area contributed by atoms with Gasteiger partial charge in [-0.1, -0.05) is 19.1 Å². The highest BCUT2D eigenvalue weighted by molar-refractivity contribution is 5.94. The van der Waals surface area contributed by atoms with Crippen LogP contribution in [0.25, 0.3) is 0 Å². The lowest BCUT2D eigenvalue weighted by Gasteiger charge is -2.39. The van der Waals surface area contributed by atoms with Crippen LogP contribution in [0, 0.1) is 0 Å². The van der Waals surface area contributed by atoms with Gasteiger partial charge >= 0.3 is 0 Å². The SMILES string of the molecule is CCN1CCC(C)(NC(=O)c2cccc(COC)c2)CC1. The van der Waals surface area contributed by atoms with E-state index in [2.05, 4.69) is 24.1 Å². The molecule has 0 aromatic heterocycles. The molecule has 4 nitrogen and oxygen atoms in total. The maximum absolute atomic E-state index is 12.5. The molecule has 2 rings (SSSR count). The molecule has 116 valence electrons. The number of rotatable bonds is 5. The molecule has 0 radical (unpaired) electrons. The second kappa shape index (κ2) is 7.05. The Kier molecular flexibility index (Phi) is 5.37. The van der Waals surface area contributed by atoms with Gasteiger partial charge in [0.2, 0.25) is 0 Å². The molecule has 0 unspecified atom stereocenters. The number of likely N-dealkylation sites (tertiary alicyclic amines) is 1. The number of nitrogens with one attached hydrogen (secondary N) is 1. The largest absolute Gasteiger partial charge is 0.380 e. The van der Waals surface area contributed by atoms with Crippen molar-refractivity contribution in [3.05, 3.63) is 35.4 Å². The number of ether oxygens (including phenoxy) is 1. The van der Waals surface area contributed by atoms with Crippen LogP contribution in [0.4, 0.5) is 0 Å². The van der Waals surface area contributed by atoms with Crippen LogP contribution in [-0.2, 0) is 11.3 Å². The predicted molar refractivity (Wildman–Crippen MR) is 84.4 cm³/mol.